The van der Waals surface area contributed by atoms with E-state index in [0.29, 0.717) is 17.0 Å². The molecule has 0 radical (unpaired) electrons. The van der Waals surface area contributed by atoms with E-state index in [2.05, 4.69) is 5.32 Å². The van der Waals surface area contributed by atoms with Crippen LogP contribution in [0.15, 0.2) is 18.2 Å². The van der Waals surface area contributed by atoms with Gasteiger partial charge in [0.1, 0.15) is 5.82 Å². The number of carbonyl (C=O) groups is 1. The summed E-state index contributed by atoms with van der Waals surface area (Å²) in [6, 6.07) is 4.19. The smallest absolute Gasteiger partial charge is 0.220 e. The summed E-state index contributed by atoms with van der Waals surface area (Å²) in [7, 11) is 0. The van der Waals surface area contributed by atoms with Gasteiger partial charge in [-0.2, -0.15) is 0 Å². The third-order valence-corrected chi connectivity index (χ3v) is 2.28. The zero-order valence-electron chi connectivity index (χ0n) is 8.67. The summed E-state index contributed by atoms with van der Waals surface area (Å²) in [6.07, 6.45) is 0.641. The molecule has 0 fully saturated rings. The van der Waals surface area contributed by atoms with Gasteiger partial charge in [0.25, 0.3) is 0 Å². The number of nitrogens with one attached hydrogen (secondary N) is 1. The standard InChI is InChI=1S/C11H13ClFNO2/c12-9-3-4-10(13)8(6-9)7-14-11(16)2-1-5-15/h3-4,6,15H,1-2,5,7H2,(H,14,16). The molecule has 0 aliphatic heterocycles. The SMILES string of the molecule is O=C(CCCO)NCc1cc(Cl)ccc1F. The first kappa shape index (κ1) is 12.9. The minimum absolute atomic E-state index is 0.0288. The molecule has 3 nitrogen and oxygen atoms in total. The monoisotopic (exact) mass is 245 g/mol. The van der Waals surface area contributed by atoms with Gasteiger partial charge in [0, 0.05) is 30.2 Å². The molecule has 0 aliphatic rings. The van der Waals surface area contributed by atoms with Crippen molar-refractivity contribution in [3.8, 4) is 0 Å². The van der Waals surface area contributed by atoms with Gasteiger partial charge in [-0.05, 0) is 24.6 Å². The predicted molar refractivity (Wildman–Crippen MR) is 59.6 cm³/mol. The molecule has 1 aromatic rings. The van der Waals surface area contributed by atoms with Crippen molar-refractivity contribution in [3.63, 3.8) is 0 Å². The Kier molecular flexibility index (Phi) is 5.22. The highest BCUT2D eigenvalue weighted by Crippen LogP contribution is 2.14. The lowest BCUT2D eigenvalue weighted by molar-refractivity contribution is -0.121. The Morgan fingerprint density at radius 3 is 2.94 bits per heavy atom. The van der Waals surface area contributed by atoms with Crippen molar-refractivity contribution in [3.05, 3.63) is 34.6 Å². The second-order valence-corrected chi connectivity index (χ2v) is 3.78. The Morgan fingerprint density at radius 1 is 1.50 bits per heavy atom. The molecular weight excluding hydrogens is 233 g/mol. The average Bonchev–Trinajstić information content (AvgIpc) is 2.27. The molecule has 0 saturated heterocycles. The molecule has 0 aliphatic carbocycles. The van der Waals surface area contributed by atoms with Crippen LogP contribution in [0.4, 0.5) is 4.39 Å². The molecule has 2 N–H and O–H groups in total. The number of halogens is 2. The fraction of sp³-hybridized carbons (Fsp3) is 0.364. The zero-order valence-corrected chi connectivity index (χ0v) is 9.43. The number of carbonyl (C=O) groups excluding carboxylic acids is 1. The highest BCUT2D eigenvalue weighted by atomic mass is 35.5. The predicted octanol–water partition coefficient (Wildman–Crippen LogP) is 1.87. The van der Waals surface area contributed by atoms with Crippen molar-refractivity contribution < 1.29 is 14.3 Å². The molecule has 1 aromatic carbocycles. The van der Waals surface area contributed by atoms with Gasteiger partial charge in [0.2, 0.25) is 5.91 Å². The van der Waals surface area contributed by atoms with E-state index >= 15 is 0 Å². The van der Waals surface area contributed by atoms with Crippen LogP contribution < -0.4 is 5.32 Å². The topological polar surface area (TPSA) is 49.3 Å². The van der Waals surface area contributed by atoms with Gasteiger partial charge in [-0.1, -0.05) is 11.6 Å². The molecule has 0 spiro atoms. The number of amides is 1. The second kappa shape index (κ2) is 6.45. The molecule has 1 amide bonds. The van der Waals surface area contributed by atoms with Crippen LogP contribution in [-0.4, -0.2) is 17.6 Å². The summed E-state index contributed by atoms with van der Waals surface area (Å²) in [6.45, 7) is 0.0790. The summed E-state index contributed by atoms with van der Waals surface area (Å²) in [5.74, 6) is -0.611. The lowest BCUT2D eigenvalue weighted by atomic mass is 10.2. The molecule has 0 bridgehead atoms. The quantitative estimate of drug-likeness (QED) is 0.832. The second-order valence-electron chi connectivity index (χ2n) is 3.34. The average molecular weight is 246 g/mol. The van der Waals surface area contributed by atoms with Gasteiger partial charge >= 0.3 is 0 Å². The van der Waals surface area contributed by atoms with Crippen LogP contribution in [0.2, 0.25) is 5.02 Å². The van der Waals surface area contributed by atoms with Crippen molar-refractivity contribution in [2.75, 3.05) is 6.61 Å². The largest absolute Gasteiger partial charge is 0.396 e. The van der Waals surface area contributed by atoms with E-state index in [-0.39, 0.29) is 25.5 Å². The lowest BCUT2D eigenvalue weighted by Gasteiger charge is -2.06. The van der Waals surface area contributed by atoms with Crippen LogP contribution in [-0.2, 0) is 11.3 Å². The molecule has 0 saturated carbocycles. The van der Waals surface area contributed by atoms with E-state index in [9.17, 15) is 9.18 Å². The fourth-order valence-electron chi connectivity index (χ4n) is 1.20. The first-order valence-corrected chi connectivity index (χ1v) is 5.32. The van der Waals surface area contributed by atoms with Gasteiger partial charge in [0.05, 0.1) is 0 Å². The van der Waals surface area contributed by atoms with Crippen LogP contribution in [0.3, 0.4) is 0 Å². The zero-order chi connectivity index (χ0) is 12.0. The molecule has 0 atom stereocenters. The molecular formula is C11H13ClFNO2. The summed E-state index contributed by atoms with van der Waals surface area (Å²) < 4.78 is 13.2. The highest BCUT2D eigenvalue weighted by molar-refractivity contribution is 6.30. The van der Waals surface area contributed by atoms with E-state index in [1.807, 2.05) is 0 Å². The van der Waals surface area contributed by atoms with E-state index in [0.717, 1.165) is 0 Å². The first-order chi connectivity index (χ1) is 7.63. The maximum atomic E-state index is 13.2. The molecule has 16 heavy (non-hydrogen) atoms. The summed E-state index contributed by atoms with van der Waals surface area (Å²) in [5, 5.41) is 11.5. The van der Waals surface area contributed by atoms with Crippen LogP contribution in [0.25, 0.3) is 0 Å². The van der Waals surface area contributed by atoms with E-state index < -0.39 is 5.82 Å². The van der Waals surface area contributed by atoms with E-state index in [4.69, 9.17) is 16.7 Å². The van der Waals surface area contributed by atoms with Gasteiger partial charge in [0.15, 0.2) is 0 Å². The Morgan fingerprint density at radius 2 is 2.25 bits per heavy atom. The third kappa shape index (κ3) is 4.16. The number of hydrogen-bond donors (Lipinski definition) is 2. The van der Waals surface area contributed by atoms with Gasteiger partial charge in [-0.25, -0.2) is 4.39 Å². The van der Waals surface area contributed by atoms with Gasteiger partial charge < -0.3 is 10.4 Å². The minimum atomic E-state index is -0.396. The number of rotatable bonds is 5. The lowest BCUT2D eigenvalue weighted by Crippen LogP contribution is -2.23. The summed E-state index contributed by atoms with van der Waals surface area (Å²) >= 11 is 5.70. The Hall–Kier alpha value is -1.13. The molecule has 1 rings (SSSR count). The van der Waals surface area contributed by atoms with Crippen LogP contribution in [0.5, 0.6) is 0 Å². The van der Waals surface area contributed by atoms with Gasteiger partial charge in [-0.15, -0.1) is 0 Å². The Bertz CT molecular complexity index is 371. The van der Waals surface area contributed by atoms with Crippen LogP contribution in [0, 0.1) is 5.82 Å². The van der Waals surface area contributed by atoms with Crippen LogP contribution >= 0.6 is 11.6 Å². The summed E-state index contributed by atoms with van der Waals surface area (Å²) in [5.41, 5.74) is 0.352. The van der Waals surface area contributed by atoms with E-state index in [1.165, 1.54) is 18.2 Å². The Balaban J connectivity index is 2.47. The van der Waals surface area contributed by atoms with Crippen molar-refractivity contribution in [2.45, 2.75) is 19.4 Å². The van der Waals surface area contributed by atoms with Gasteiger partial charge in [-0.3, -0.25) is 4.79 Å². The van der Waals surface area contributed by atoms with E-state index in [1.54, 1.807) is 0 Å². The normalized spacial score (nSPS) is 10.2. The van der Waals surface area contributed by atoms with Crippen molar-refractivity contribution in [1.29, 1.82) is 0 Å². The number of hydrogen-bond acceptors (Lipinski definition) is 2. The Labute approximate surface area is 98.2 Å². The number of aliphatic hydroxyl groups excluding tert-OH is 1. The minimum Gasteiger partial charge on any atom is -0.396 e. The number of aliphatic hydroxyl groups is 1. The molecule has 88 valence electrons. The van der Waals surface area contributed by atoms with Crippen molar-refractivity contribution >= 4 is 17.5 Å². The molecule has 0 unspecified atom stereocenters. The van der Waals surface area contributed by atoms with Crippen molar-refractivity contribution in [2.24, 2.45) is 0 Å². The third-order valence-electron chi connectivity index (χ3n) is 2.05. The first-order valence-electron chi connectivity index (χ1n) is 4.95. The highest BCUT2D eigenvalue weighted by Gasteiger charge is 2.05. The maximum absolute atomic E-state index is 13.2. The molecule has 5 heteroatoms. The van der Waals surface area contributed by atoms with Crippen molar-refractivity contribution in [1.82, 2.24) is 5.32 Å². The van der Waals surface area contributed by atoms with Crippen LogP contribution in [0.1, 0.15) is 18.4 Å². The fourth-order valence-corrected chi connectivity index (χ4v) is 1.40. The summed E-state index contributed by atoms with van der Waals surface area (Å²) in [4.78, 5) is 11.2. The maximum Gasteiger partial charge on any atom is 0.220 e. The molecule has 0 heterocycles. The molecule has 0 aromatic heterocycles. The number of benzene rings is 1.